The zero-order valence-electron chi connectivity index (χ0n) is 13.0. The molecule has 116 valence electrons. The zero-order valence-corrected chi connectivity index (χ0v) is 13.0. The summed E-state index contributed by atoms with van der Waals surface area (Å²) in [5.41, 5.74) is 3.29. The van der Waals surface area contributed by atoms with Crippen LogP contribution in [-0.4, -0.2) is 28.5 Å². The standard InChI is InChI=1S/C15H19N5O2/c1-15(2,3)12-13(21)17-14(20-18-12)19-16-9-10-5-7-11(22-4)8-6-10/h5-9H,1-4H3,(H2,17,19,20,21)/b16-9+. The maximum atomic E-state index is 11.9. The lowest BCUT2D eigenvalue weighted by Crippen LogP contribution is -2.28. The third kappa shape index (κ3) is 3.91. The third-order valence-electron chi connectivity index (χ3n) is 2.91. The molecule has 0 radical (unpaired) electrons. The monoisotopic (exact) mass is 301 g/mol. The first kappa shape index (κ1) is 15.7. The zero-order chi connectivity index (χ0) is 16.2. The van der Waals surface area contributed by atoms with Crippen LogP contribution in [0, 0.1) is 0 Å². The van der Waals surface area contributed by atoms with Gasteiger partial charge in [0, 0.05) is 5.41 Å². The van der Waals surface area contributed by atoms with Crippen molar-refractivity contribution in [2.45, 2.75) is 26.2 Å². The molecule has 0 unspecified atom stereocenters. The van der Waals surface area contributed by atoms with E-state index < -0.39 is 0 Å². The number of nitrogens with one attached hydrogen (secondary N) is 2. The summed E-state index contributed by atoms with van der Waals surface area (Å²) in [6, 6.07) is 7.39. The van der Waals surface area contributed by atoms with E-state index in [0.717, 1.165) is 11.3 Å². The second-order valence-corrected chi connectivity index (χ2v) is 5.74. The molecular formula is C15H19N5O2. The lowest BCUT2D eigenvalue weighted by molar-refractivity contribution is 0.415. The Morgan fingerprint density at radius 2 is 1.91 bits per heavy atom. The van der Waals surface area contributed by atoms with Crippen molar-refractivity contribution in [2.24, 2.45) is 5.10 Å². The highest BCUT2D eigenvalue weighted by Crippen LogP contribution is 2.15. The van der Waals surface area contributed by atoms with Crippen molar-refractivity contribution < 1.29 is 4.74 Å². The van der Waals surface area contributed by atoms with Gasteiger partial charge in [0.1, 0.15) is 11.4 Å². The number of methoxy groups -OCH3 is 1. The highest BCUT2D eigenvalue weighted by Gasteiger charge is 2.20. The van der Waals surface area contributed by atoms with E-state index in [1.807, 2.05) is 45.0 Å². The normalized spacial score (nSPS) is 11.6. The second-order valence-electron chi connectivity index (χ2n) is 5.74. The van der Waals surface area contributed by atoms with Gasteiger partial charge < -0.3 is 4.74 Å². The van der Waals surface area contributed by atoms with E-state index >= 15 is 0 Å². The number of nitrogens with zero attached hydrogens (tertiary/aromatic N) is 3. The second kappa shape index (κ2) is 6.38. The maximum Gasteiger partial charge on any atom is 0.274 e. The van der Waals surface area contributed by atoms with Gasteiger partial charge in [-0.1, -0.05) is 20.8 Å². The molecule has 0 amide bonds. The van der Waals surface area contributed by atoms with E-state index in [1.54, 1.807) is 13.3 Å². The van der Waals surface area contributed by atoms with Gasteiger partial charge in [-0.15, -0.1) is 10.2 Å². The van der Waals surface area contributed by atoms with E-state index in [0.29, 0.717) is 5.69 Å². The summed E-state index contributed by atoms with van der Waals surface area (Å²) in [5, 5.41) is 11.9. The smallest absolute Gasteiger partial charge is 0.274 e. The number of aromatic nitrogens is 3. The van der Waals surface area contributed by atoms with Crippen molar-refractivity contribution in [3.63, 3.8) is 0 Å². The Kier molecular flexibility index (Phi) is 4.55. The molecule has 2 N–H and O–H groups in total. The van der Waals surface area contributed by atoms with Gasteiger partial charge in [-0.2, -0.15) is 5.10 Å². The molecule has 0 aliphatic rings. The number of aromatic amines is 1. The number of anilines is 1. The van der Waals surface area contributed by atoms with Crippen molar-refractivity contribution in [3.8, 4) is 5.75 Å². The van der Waals surface area contributed by atoms with Gasteiger partial charge >= 0.3 is 0 Å². The van der Waals surface area contributed by atoms with Crippen LogP contribution >= 0.6 is 0 Å². The molecule has 1 aromatic carbocycles. The summed E-state index contributed by atoms with van der Waals surface area (Å²) in [5.74, 6) is 0.973. The molecular weight excluding hydrogens is 282 g/mol. The van der Waals surface area contributed by atoms with E-state index in [1.165, 1.54) is 0 Å². The lowest BCUT2D eigenvalue weighted by atomic mass is 9.93. The number of benzene rings is 1. The fourth-order valence-electron chi connectivity index (χ4n) is 1.74. The highest BCUT2D eigenvalue weighted by molar-refractivity contribution is 5.80. The molecule has 0 spiro atoms. The Balaban J connectivity index is 2.06. The fourth-order valence-corrected chi connectivity index (χ4v) is 1.74. The Morgan fingerprint density at radius 1 is 1.23 bits per heavy atom. The Labute approximate surface area is 128 Å². The summed E-state index contributed by atoms with van der Waals surface area (Å²) in [6.07, 6.45) is 1.61. The summed E-state index contributed by atoms with van der Waals surface area (Å²) >= 11 is 0. The van der Waals surface area contributed by atoms with Gasteiger partial charge in [0.25, 0.3) is 5.56 Å². The van der Waals surface area contributed by atoms with Crippen molar-refractivity contribution in [1.29, 1.82) is 0 Å². The molecule has 0 saturated carbocycles. The van der Waals surface area contributed by atoms with Crippen LogP contribution in [0.15, 0.2) is 34.2 Å². The third-order valence-corrected chi connectivity index (χ3v) is 2.91. The van der Waals surface area contributed by atoms with Crippen molar-refractivity contribution in [1.82, 2.24) is 15.2 Å². The van der Waals surface area contributed by atoms with Gasteiger partial charge in [0.15, 0.2) is 0 Å². The van der Waals surface area contributed by atoms with Crippen molar-refractivity contribution in [2.75, 3.05) is 12.5 Å². The number of hydrazone groups is 1. The van der Waals surface area contributed by atoms with Crippen molar-refractivity contribution >= 4 is 12.2 Å². The van der Waals surface area contributed by atoms with Crippen LogP contribution in [0.3, 0.4) is 0 Å². The Bertz CT molecular complexity index is 714. The average Bonchev–Trinajstić information content (AvgIpc) is 2.47. The van der Waals surface area contributed by atoms with Crippen molar-refractivity contribution in [3.05, 3.63) is 45.9 Å². The first-order valence-corrected chi connectivity index (χ1v) is 6.81. The maximum absolute atomic E-state index is 11.9. The Morgan fingerprint density at radius 3 is 2.45 bits per heavy atom. The van der Waals surface area contributed by atoms with Crippen LogP contribution in [-0.2, 0) is 5.41 Å². The van der Waals surface area contributed by atoms with E-state index in [9.17, 15) is 4.79 Å². The van der Waals surface area contributed by atoms with Gasteiger partial charge in [0.2, 0.25) is 5.95 Å². The van der Waals surface area contributed by atoms with Gasteiger partial charge in [-0.3, -0.25) is 9.78 Å². The molecule has 1 heterocycles. The quantitative estimate of drug-likeness (QED) is 0.665. The number of hydrogen-bond donors (Lipinski definition) is 2. The summed E-state index contributed by atoms with van der Waals surface area (Å²) in [7, 11) is 1.61. The topological polar surface area (TPSA) is 92.3 Å². The molecule has 22 heavy (non-hydrogen) atoms. The van der Waals surface area contributed by atoms with E-state index in [2.05, 4.69) is 25.7 Å². The predicted molar refractivity (Wildman–Crippen MR) is 85.6 cm³/mol. The molecule has 0 bridgehead atoms. The molecule has 0 atom stereocenters. The molecule has 2 aromatic rings. The largest absolute Gasteiger partial charge is 0.497 e. The van der Waals surface area contributed by atoms with Gasteiger partial charge in [-0.25, -0.2) is 5.43 Å². The molecule has 1 aromatic heterocycles. The predicted octanol–water partition coefficient (Wildman–Crippen LogP) is 1.92. The molecule has 2 rings (SSSR count). The first-order chi connectivity index (χ1) is 10.4. The van der Waals surface area contributed by atoms with E-state index in [4.69, 9.17) is 4.74 Å². The van der Waals surface area contributed by atoms with Gasteiger partial charge in [-0.05, 0) is 29.8 Å². The first-order valence-electron chi connectivity index (χ1n) is 6.81. The molecule has 0 fully saturated rings. The van der Waals surface area contributed by atoms with Crippen LogP contribution in [0.1, 0.15) is 32.0 Å². The van der Waals surface area contributed by atoms with E-state index in [-0.39, 0.29) is 16.9 Å². The summed E-state index contributed by atoms with van der Waals surface area (Å²) in [4.78, 5) is 14.5. The minimum absolute atomic E-state index is 0.197. The number of H-pyrrole nitrogens is 1. The number of ether oxygens (including phenoxy) is 1. The van der Waals surface area contributed by atoms with Crippen LogP contribution < -0.4 is 15.7 Å². The highest BCUT2D eigenvalue weighted by atomic mass is 16.5. The minimum Gasteiger partial charge on any atom is -0.497 e. The molecule has 0 aliphatic carbocycles. The van der Waals surface area contributed by atoms with Crippen LogP contribution in [0.25, 0.3) is 0 Å². The summed E-state index contributed by atoms with van der Waals surface area (Å²) in [6.45, 7) is 5.71. The van der Waals surface area contributed by atoms with Crippen LogP contribution in [0.4, 0.5) is 5.95 Å². The summed E-state index contributed by atoms with van der Waals surface area (Å²) < 4.78 is 5.08. The Hall–Kier alpha value is -2.70. The average molecular weight is 301 g/mol. The minimum atomic E-state index is -0.356. The van der Waals surface area contributed by atoms with Crippen LogP contribution in [0.5, 0.6) is 5.75 Å². The molecule has 0 saturated heterocycles. The fraction of sp³-hybridized carbons (Fsp3) is 0.333. The number of hydrogen-bond acceptors (Lipinski definition) is 6. The molecule has 7 nitrogen and oxygen atoms in total. The molecule has 7 heteroatoms. The molecule has 0 aliphatic heterocycles. The number of rotatable bonds is 4. The van der Waals surface area contributed by atoms with Crippen LogP contribution in [0.2, 0.25) is 0 Å². The lowest BCUT2D eigenvalue weighted by Gasteiger charge is -2.15. The van der Waals surface area contributed by atoms with Gasteiger partial charge in [0.05, 0.1) is 13.3 Å². The SMILES string of the molecule is COc1ccc(/C=N/Nc2nnc(C(C)(C)C)c(=O)[nH]2)cc1.